The lowest BCUT2D eigenvalue weighted by Gasteiger charge is -2.14. The van der Waals surface area contributed by atoms with Crippen molar-refractivity contribution in [1.29, 1.82) is 0 Å². The van der Waals surface area contributed by atoms with Crippen LogP contribution >= 0.6 is 0 Å². The number of carbonyl (C=O) groups excluding carboxylic acids is 1. The van der Waals surface area contributed by atoms with Gasteiger partial charge in [0.1, 0.15) is 11.6 Å². The molecular weight excluding hydrogens is 292 g/mol. The minimum Gasteiger partial charge on any atom is -0.497 e. The number of carbonyl (C=O) groups is 1. The van der Waals surface area contributed by atoms with Crippen molar-refractivity contribution in [2.45, 2.75) is 25.8 Å². The van der Waals surface area contributed by atoms with Crippen molar-refractivity contribution < 1.29 is 9.53 Å². The topological polar surface area (TPSA) is 76.1 Å². The summed E-state index contributed by atoms with van der Waals surface area (Å²) < 4.78 is 5.15. The van der Waals surface area contributed by atoms with Crippen LogP contribution < -0.4 is 15.4 Å². The summed E-state index contributed by atoms with van der Waals surface area (Å²) in [5.41, 5.74) is 1.57. The molecule has 6 heteroatoms. The maximum Gasteiger partial charge on any atom is 0.271 e. The summed E-state index contributed by atoms with van der Waals surface area (Å²) >= 11 is 0. The number of ether oxygens (including phenoxy) is 1. The molecule has 2 aromatic rings. The second-order valence-electron chi connectivity index (χ2n) is 5.32. The molecule has 2 N–H and O–H groups in total. The van der Waals surface area contributed by atoms with Gasteiger partial charge in [-0.1, -0.05) is 12.1 Å². The molecule has 0 saturated heterocycles. The molecule has 1 aromatic carbocycles. The Bertz CT molecular complexity index is 626. The lowest BCUT2D eigenvalue weighted by molar-refractivity contribution is 0.0957. The minimum atomic E-state index is -0.239. The van der Waals surface area contributed by atoms with Crippen LogP contribution in [-0.2, 0) is 6.42 Å². The average Bonchev–Trinajstić information content (AvgIpc) is 2.60. The Kier molecular flexibility index (Phi) is 5.91. The molecule has 1 unspecified atom stereocenters. The highest BCUT2D eigenvalue weighted by molar-refractivity contribution is 5.91. The molecule has 0 fully saturated rings. The Morgan fingerprint density at radius 3 is 2.48 bits per heavy atom. The zero-order valence-electron chi connectivity index (χ0n) is 13.7. The number of benzene rings is 1. The number of methoxy groups -OCH3 is 1. The Morgan fingerprint density at radius 1 is 1.17 bits per heavy atom. The van der Waals surface area contributed by atoms with E-state index < -0.39 is 0 Å². The summed E-state index contributed by atoms with van der Waals surface area (Å²) in [6, 6.07) is 11.8. The molecule has 1 amide bonds. The Labute approximate surface area is 136 Å². The van der Waals surface area contributed by atoms with Crippen LogP contribution in [0.3, 0.4) is 0 Å². The molecule has 0 aliphatic heterocycles. The normalized spacial score (nSPS) is 11.6. The van der Waals surface area contributed by atoms with Gasteiger partial charge in [0.25, 0.3) is 5.91 Å². The molecule has 0 bridgehead atoms. The standard InChI is InChI=1S/C17H22N4O2/c1-12(4-5-13-6-8-14(23-3)9-7-13)19-16-11-10-15(20-21-16)17(22)18-2/h6-12H,4-5H2,1-3H3,(H,18,22)(H,19,21). The highest BCUT2D eigenvalue weighted by Gasteiger charge is 2.08. The molecule has 2 rings (SSSR count). The van der Waals surface area contributed by atoms with Crippen molar-refractivity contribution in [1.82, 2.24) is 15.5 Å². The number of nitrogens with one attached hydrogen (secondary N) is 2. The molecule has 0 radical (unpaired) electrons. The van der Waals surface area contributed by atoms with Crippen LogP contribution in [0, 0.1) is 0 Å². The first kappa shape index (κ1) is 16.7. The van der Waals surface area contributed by atoms with E-state index in [4.69, 9.17) is 4.74 Å². The monoisotopic (exact) mass is 314 g/mol. The van der Waals surface area contributed by atoms with Gasteiger partial charge in [-0.2, -0.15) is 0 Å². The van der Waals surface area contributed by atoms with E-state index in [9.17, 15) is 4.79 Å². The van der Waals surface area contributed by atoms with Gasteiger partial charge >= 0.3 is 0 Å². The number of hydrogen-bond acceptors (Lipinski definition) is 5. The lowest BCUT2D eigenvalue weighted by atomic mass is 10.1. The molecule has 0 saturated carbocycles. The fraction of sp³-hybridized carbons (Fsp3) is 0.353. The summed E-state index contributed by atoms with van der Waals surface area (Å²) in [4.78, 5) is 11.4. The molecule has 0 aliphatic carbocycles. The lowest BCUT2D eigenvalue weighted by Crippen LogP contribution is -2.21. The van der Waals surface area contributed by atoms with E-state index in [-0.39, 0.29) is 11.9 Å². The molecule has 122 valence electrons. The average molecular weight is 314 g/mol. The number of hydrogen-bond donors (Lipinski definition) is 2. The van der Waals surface area contributed by atoms with Crippen LogP contribution in [0.25, 0.3) is 0 Å². The third kappa shape index (κ3) is 4.95. The van der Waals surface area contributed by atoms with Gasteiger partial charge in [-0.15, -0.1) is 10.2 Å². The van der Waals surface area contributed by atoms with E-state index in [1.165, 1.54) is 5.56 Å². The van der Waals surface area contributed by atoms with Gasteiger partial charge in [-0.25, -0.2) is 0 Å². The van der Waals surface area contributed by atoms with Gasteiger partial charge in [0.05, 0.1) is 7.11 Å². The van der Waals surface area contributed by atoms with Gasteiger partial charge < -0.3 is 15.4 Å². The first-order valence-corrected chi connectivity index (χ1v) is 7.57. The number of aromatic nitrogens is 2. The predicted molar refractivity (Wildman–Crippen MR) is 89.8 cm³/mol. The van der Waals surface area contributed by atoms with E-state index in [0.717, 1.165) is 18.6 Å². The Hall–Kier alpha value is -2.63. The van der Waals surface area contributed by atoms with Crippen LogP contribution in [0.5, 0.6) is 5.75 Å². The van der Waals surface area contributed by atoms with Crippen LogP contribution in [0.2, 0.25) is 0 Å². The quantitative estimate of drug-likeness (QED) is 0.820. The van der Waals surface area contributed by atoms with Gasteiger partial charge in [-0.3, -0.25) is 4.79 Å². The second-order valence-corrected chi connectivity index (χ2v) is 5.32. The molecule has 1 aromatic heterocycles. The highest BCUT2D eigenvalue weighted by atomic mass is 16.5. The van der Waals surface area contributed by atoms with Crippen molar-refractivity contribution in [3.8, 4) is 5.75 Å². The summed E-state index contributed by atoms with van der Waals surface area (Å²) in [5, 5.41) is 13.7. The zero-order valence-corrected chi connectivity index (χ0v) is 13.7. The van der Waals surface area contributed by atoms with E-state index in [2.05, 4.69) is 39.9 Å². The first-order valence-electron chi connectivity index (χ1n) is 7.57. The maximum absolute atomic E-state index is 11.4. The predicted octanol–water partition coefficient (Wildman–Crippen LogP) is 2.28. The number of aryl methyl sites for hydroxylation is 1. The Balaban J connectivity index is 1.84. The highest BCUT2D eigenvalue weighted by Crippen LogP contribution is 2.14. The fourth-order valence-electron chi connectivity index (χ4n) is 2.16. The van der Waals surface area contributed by atoms with Crippen LogP contribution in [0.4, 0.5) is 5.82 Å². The minimum absolute atomic E-state index is 0.239. The van der Waals surface area contributed by atoms with Crippen molar-refractivity contribution in [3.63, 3.8) is 0 Å². The SMILES string of the molecule is CNC(=O)c1ccc(NC(C)CCc2ccc(OC)cc2)nn1. The van der Waals surface area contributed by atoms with Crippen molar-refractivity contribution in [2.24, 2.45) is 0 Å². The number of amides is 1. The molecule has 0 aliphatic rings. The van der Waals surface area contributed by atoms with E-state index >= 15 is 0 Å². The third-order valence-corrected chi connectivity index (χ3v) is 3.54. The number of anilines is 1. The fourth-order valence-corrected chi connectivity index (χ4v) is 2.16. The first-order chi connectivity index (χ1) is 11.1. The van der Waals surface area contributed by atoms with Crippen molar-refractivity contribution >= 4 is 11.7 Å². The zero-order chi connectivity index (χ0) is 16.7. The van der Waals surface area contributed by atoms with E-state index in [1.807, 2.05) is 12.1 Å². The van der Waals surface area contributed by atoms with Crippen molar-refractivity contribution in [3.05, 3.63) is 47.7 Å². The summed E-state index contributed by atoms with van der Waals surface area (Å²) in [6.07, 6.45) is 1.92. The second kappa shape index (κ2) is 8.12. The van der Waals surface area contributed by atoms with Crippen LogP contribution in [0.15, 0.2) is 36.4 Å². The third-order valence-electron chi connectivity index (χ3n) is 3.54. The Morgan fingerprint density at radius 2 is 1.91 bits per heavy atom. The molecule has 1 heterocycles. The maximum atomic E-state index is 11.4. The molecule has 6 nitrogen and oxygen atoms in total. The van der Waals surface area contributed by atoms with E-state index in [0.29, 0.717) is 11.5 Å². The van der Waals surface area contributed by atoms with Gasteiger partial charge in [0.2, 0.25) is 0 Å². The van der Waals surface area contributed by atoms with Gasteiger partial charge in [0, 0.05) is 13.1 Å². The van der Waals surface area contributed by atoms with Crippen LogP contribution in [0.1, 0.15) is 29.4 Å². The smallest absolute Gasteiger partial charge is 0.271 e. The molecular formula is C17H22N4O2. The largest absolute Gasteiger partial charge is 0.497 e. The van der Waals surface area contributed by atoms with Gasteiger partial charge in [-0.05, 0) is 49.6 Å². The van der Waals surface area contributed by atoms with Gasteiger partial charge in [0.15, 0.2) is 5.69 Å². The van der Waals surface area contributed by atoms with Crippen molar-refractivity contribution in [2.75, 3.05) is 19.5 Å². The number of rotatable bonds is 7. The molecule has 1 atom stereocenters. The number of nitrogens with zero attached hydrogens (tertiary/aromatic N) is 2. The summed E-state index contributed by atoms with van der Waals surface area (Å²) in [5.74, 6) is 1.29. The molecule has 0 spiro atoms. The molecule has 23 heavy (non-hydrogen) atoms. The summed E-state index contributed by atoms with van der Waals surface area (Å²) in [7, 11) is 3.23. The summed E-state index contributed by atoms with van der Waals surface area (Å²) in [6.45, 7) is 2.10. The van der Waals surface area contributed by atoms with E-state index in [1.54, 1.807) is 26.3 Å². The van der Waals surface area contributed by atoms with Crippen LogP contribution in [-0.4, -0.2) is 36.3 Å².